The minimum Gasteiger partial charge on any atom is -0.355 e. The van der Waals surface area contributed by atoms with Gasteiger partial charge < -0.3 is 10.6 Å². The lowest BCUT2D eigenvalue weighted by Gasteiger charge is -2.09. The molecule has 41 heavy (non-hydrogen) atoms. The summed E-state index contributed by atoms with van der Waals surface area (Å²) in [5.74, 6) is 2.79. The normalized spacial score (nSPS) is 12.5. The van der Waals surface area contributed by atoms with Crippen LogP contribution in [0.2, 0.25) is 0 Å². The van der Waals surface area contributed by atoms with Crippen LogP contribution in [0.5, 0.6) is 0 Å². The van der Waals surface area contributed by atoms with Crippen LogP contribution in [0.4, 0.5) is 0 Å². The van der Waals surface area contributed by atoms with Crippen LogP contribution in [0.15, 0.2) is 90.6 Å². The van der Waals surface area contributed by atoms with Crippen molar-refractivity contribution in [1.82, 2.24) is 10.6 Å². The smallest absolute Gasteiger partial charge is 0.253 e. The monoisotopic (exact) mass is 566 g/mol. The van der Waals surface area contributed by atoms with Gasteiger partial charge in [-0.15, -0.1) is 23.7 Å². The third-order valence-electron chi connectivity index (χ3n) is 6.40. The molecule has 1 aromatic heterocycles. The van der Waals surface area contributed by atoms with Crippen LogP contribution in [0.3, 0.4) is 0 Å². The van der Waals surface area contributed by atoms with Crippen molar-refractivity contribution in [2.45, 2.75) is 52.9 Å². The number of allylic oxidation sites excluding steroid dienone is 7. The zero-order valence-electron chi connectivity index (χ0n) is 25.1. The van der Waals surface area contributed by atoms with E-state index in [0.717, 1.165) is 45.4 Å². The number of thiophene rings is 1. The average Bonchev–Trinajstić information content (AvgIpc) is 3.39. The maximum Gasteiger partial charge on any atom is 0.253 e. The van der Waals surface area contributed by atoms with Gasteiger partial charge in [0.1, 0.15) is 0 Å². The Morgan fingerprint density at radius 1 is 1.10 bits per heavy atom. The first-order valence-electron chi connectivity index (χ1n) is 13.9. The molecule has 0 aliphatic heterocycles. The summed E-state index contributed by atoms with van der Waals surface area (Å²) in [4.78, 5) is 25.3. The van der Waals surface area contributed by atoms with Crippen LogP contribution in [-0.2, 0) is 11.2 Å². The van der Waals surface area contributed by atoms with Crippen LogP contribution in [-0.4, -0.2) is 25.9 Å². The number of benzene rings is 2. The van der Waals surface area contributed by atoms with E-state index in [1.807, 2.05) is 18.2 Å². The molecule has 1 aliphatic carbocycles. The van der Waals surface area contributed by atoms with Crippen molar-refractivity contribution < 1.29 is 9.59 Å². The molecule has 0 bridgehead atoms. The fraction of sp³-hybridized carbons (Fsp3) is 0.278. The second-order valence-electron chi connectivity index (χ2n) is 9.79. The number of amides is 2. The summed E-state index contributed by atoms with van der Waals surface area (Å²) in [6.45, 7) is 7.84. The van der Waals surface area contributed by atoms with Gasteiger partial charge in [0.15, 0.2) is 0 Å². The first-order chi connectivity index (χ1) is 19.8. The molecule has 214 valence electrons. The predicted octanol–water partition coefficient (Wildman–Crippen LogP) is 8.23. The van der Waals surface area contributed by atoms with E-state index in [4.69, 9.17) is 0 Å². The minimum absolute atomic E-state index is 0.0430. The van der Waals surface area contributed by atoms with Crippen molar-refractivity contribution >= 4 is 38.8 Å². The van der Waals surface area contributed by atoms with Gasteiger partial charge in [0, 0.05) is 34.6 Å². The number of hydrogen-bond acceptors (Lipinski definition) is 3. The van der Waals surface area contributed by atoms with E-state index in [1.54, 1.807) is 45.4 Å². The van der Waals surface area contributed by atoms with Gasteiger partial charge in [-0.1, -0.05) is 86.7 Å². The Balaban J connectivity index is 0.000000408. The molecule has 4 nitrogen and oxygen atoms in total. The number of hydrogen-bond donors (Lipinski definition) is 2. The van der Waals surface area contributed by atoms with E-state index in [1.165, 1.54) is 11.1 Å². The van der Waals surface area contributed by atoms with Crippen molar-refractivity contribution in [1.29, 1.82) is 0 Å². The minimum atomic E-state index is -0.0797. The summed E-state index contributed by atoms with van der Waals surface area (Å²) < 4.78 is 1.12. The van der Waals surface area contributed by atoms with Gasteiger partial charge in [-0.05, 0) is 67.9 Å². The highest BCUT2D eigenvalue weighted by Crippen LogP contribution is 2.39. The van der Waals surface area contributed by atoms with E-state index in [2.05, 4.69) is 97.5 Å². The average molecular weight is 567 g/mol. The molecule has 2 amide bonds. The van der Waals surface area contributed by atoms with Crippen molar-refractivity contribution in [2.75, 3.05) is 14.1 Å². The number of carbonyl (C=O) groups is 2. The number of nitrogens with one attached hydrogen (secondary N) is 2. The summed E-state index contributed by atoms with van der Waals surface area (Å²) in [6.07, 6.45) is 19.4. The molecule has 0 saturated carbocycles. The zero-order chi connectivity index (χ0) is 30.2. The number of likely N-dealkylation sites (N-methyl/N-ethyl adjacent to an activating group) is 1. The van der Waals surface area contributed by atoms with E-state index in [9.17, 15) is 9.59 Å². The van der Waals surface area contributed by atoms with Gasteiger partial charge in [0.05, 0.1) is 5.56 Å². The van der Waals surface area contributed by atoms with Crippen LogP contribution < -0.4 is 10.6 Å². The molecule has 3 aromatic rings. The Bertz CT molecular complexity index is 1460. The molecule has 1 heterocycles. The summed E-state index contributed by atoms with van der Waals surface area (Å²) in [7, 11) is 3.30. The third kappa shape index (κ3) is 10.1. The van der Waals surface area contributed by atoms with Crippen LogP contribution >= 0.6 is 11.3 Å². The quantitative estimate of drug-likeness (QED) is 0.172. The third-order valence-corrected chi connectivity index (χ3v) is 7.65. The predicted molar refractivity (Wildman–Crippen MR) is 177 cm³/mol. The molecule has 4 rings (SSSR count). The topological polar surface area (TPSA) is 58.2 Å². The molecule has 0 unspecified atom stereocenters. The Labute approximate surface area is 250 Å². The molecule has 0 saturated heterocycles. The maximum atomic E-state index is 12.7. The molecule has 5 heteroatoms. The fourth-order valence-corrected chi connectivity index (χ4v) is 5.40. The lowest BCUT2D eigenvalue weighted by atomic mass is 9.98. The van der Waals surface area contributed by atoms with E-state index in [0.29, 0.717) is 11.5 Å². The molecule has 0 spiro atoms. The zero-order valence-corrected chi connectivity index (χ0v) is 25.9. The maximum absolute atomic E-state index is 12.7. The molecule has 2 N–H and O–H groups in total. The molecular weight excluding hydrogens is 524 g/mol. The van der Waals surface area contributed by atoms with Gasteiger partial charge in [-0.2, -0.15) is 0 Å². The summed E-state index contributed by atoms with van der Waals surface area (Å²) in [6, 6.07) is 16.8. The van der Waals surface area contributed by atoms with E-state index >= 15 is 0 Å². The van der Waals surface area contributed by atoms with E-state index < -0.39 is 0 Å². The van der Waals surface area contributed by atoms with Gasteiger partial charge in [0.25, 0.3) is 5.91 Å². The molecular formula is C36H42N2O2S. The van der Waals surface area contributed by atoms with Crippen LogP contribution in [0.1, 0.15) is 72.8 Å². The Kier molecular flexibility index (Phi) is 14.1. The number of carbonyl (C=O) groups excluding carboxylic acids is 2. The van der Waals surface area contributed by atoms with Gasteiger partial charge in [-0.25, -0.2) is 0 Å². The Hall–Kier alpha value is -4.14. The largest absolute Gasteiger partial charge is 0.355 e. The number of terminal acetylenes is 1. The van der Waals surface area contributed by atoms with Gasteiger partial charge in [0.2, 0.25) is 5.91 Å². The molecule has 2 aromatic carbocycles. The standard InChI is InChI=1S/C24H26N2O2S.C9H12.C3H4/c1-16(23(27)25-2)9-7-8-10-17-13-14-20-19(15-17)21(24(28)26-3)22(29-20)18-11-5-4-6-12-18;1-8(2)9-6-4-3-5-7-9;1-3-2/h4-5,7-9,11,13-15H,6,10,12H2,1-3H3,(H,25,27)(H,26,28);3-8H,1-2H3;1H,2H3/b8-7-,16-9+;;. The highest BCUT2D eigenvalue weighted by Gasteiger charge is 2.21. The molecule has 0 fully saturated rings. The SMILES string of the molecule is C#CC.CC(C)c1ccccc1.CNC(=O)/C(C)=C/C=C\Cc1ccc2sc(C3=CC=CCC3)c(C(=O)NC)c2c1. The molecule has 1 aliphatic rings. The van der Waals surface area contributed by atoms with Crippen molar-refractivity contribution in [2.24, 2.45) is 0 Å². The van der Waals surface area contributed by atoms with Gasteiger partial charge >= 0.3 is 0 Å². The van der Waals surface area contributed by atoms with E-state index in [-0.39, 0.29) is 11.8 Å². The molecule has 0 atom stereocenters. The van der Waals surface area contributed by atoms with Crippen molar-refractivity contribution in [3.63, 3.8) is 0 Å². The summed E-state index contributed by atoms with van der Waals surface area (Å²) in [5.41, 5.74) is 5.21. The van der Waals surface area contributed by atoms with Crippen molar-refractivity contribution in [3.8, 4) is 12.3 Å². The van der Waals surface area contributed by atoms with Crippen LogP contribution in [0.25, 0.3) is 15.7 Å². The lowest BCUT2D eigenvalue weighted by molar-refractivity contribution is -0.116. The van der Waals surface area contributed by atoms with Crippen LogP contribution in [0, 0.1) is 12.3 Å². The second kappa shape index (κ2) is 17.5. The first-order valence-corrected chi connectivity index (χ1v) is 14.7. The lowest BCUT2D eigenvalue weighted by Crippen LogP contribution is -2.18. The Morgan fingerprint density at radius 2 is 1.80 bits per heavy atom. The number of rotatable bonds is 7. The second-order valence-corrected chi connectivity index (χ2v) is 10.8. The van der Waals surface area contributed by atoms with Gasteiger partial charge in [-0.3, -0.25) is 9.59 Å². The highest BCUT2D eigenvalue weighted by molar-refractivity contribution is 7.20. The summed E-state index contributed by atoms with van der Waals surface area (Å²) in [5, 5.41) is 6.41. The highest BCUT2D eigenvalue weighted by atomic mass is 32.1. The first kappa shape index (κ1) is 33.1. The fourth-order valence-electron chi connectivity index (χ4n) is 4.17. The Morgan fingerprint density at radius 3 is 2.37 bits per heavy atom. The van der Waals surface area contributed by atoms with Crippen molar-refractivity contribution in [3.05, 3.63) is 112 Å². The number of fused-ring (bicyclic) bond motifs is 1. The summed E-state index contributed by atoms with van der Waals surface area (Å²) >= 11 is 1.69. The molecule has 0 radical (unpaired) electrons.